The first-order valence-electron chi connectivity index (χ1n) is 9.19. The van der Waals surface area contributed by atoms with Crippen molar-refractivity contribution >= 4 is 35.0 Å². The molecule has 0 radical (unpaired) electrons. The number of nitrogens with two attached hydrogens (primary N) is 1. The Kier molecular flexibility index (Phi) is 7.02. The minimum absolute atomic E-state index is 0.0828. The number of Topliss-reactive ketones (excluding diaryl/α,β-unsaturated/α-hetero) is 1. The van der Waals surface area contributed by atoms with Crippen molar-refractivity contribution in [1.82, 2.24) is 14.8 Å². The Morgan fingerprint density at radius 1 is 1.17 bits per heavy atom. The van der Waals surface area contributed by atoms with Crippen LogP contribution in [0.3, 0.4) is 0 Å². The maximum absolute atomic E-state index is 12.6. The van der Waals surface area contributed by atoms with Gasteiger partial charge in [-0.2, -0.15) is 0 Å². The Labute approximate surface area is 177 Å². The molecule has 9 nitrogen and oxygen atoms in total. The molecule has 1 aromatic carbocycles. The SMILES string of the molecule is CC(=O)Nc1ccc(C(=O)CSc2nnc(CCC(N)=O)n2Cc2ccco2)cc1. The van der Waals surface area contributed by atoms with Gasteiger partial charge in [-0.1, -0.05) is 11.8 Å². The first-order valence-corrected chi connectivity index (χ1v) is 10.2. The van der Waals surface area contributed by atoms with Crippen molar-refractivity contribution in [2.45, 2.75) is 31.5 Å². The fourth-order valence-electron chi connectivity index (χ4n) is 2.72. The van der Waals surface area contributed by atoms with E-state index in [0.29, 0.717) is 41.0 Å². The van der Waals surface area contributed by atoms with E-state index in [-0.39, 0.29) is 23.9 Å². The molecule has 3 rings (SSSR count). The van der Waals surface area contributed by atoms with Crippen molar-refractivity contribution in [3.05, 3.63) is 59.8 Å². The zero-order valence-corrected chi connectivity index (χ0v) is 17.1. The number of carbonyl (C=O) groups is 3. The molecule has 0 atom stereocenters. The molecule has 0 aliphatic carbocycles. The largest absolute Gasteiger partial charge is 0.467 e. The van der Waals surface area contributed by atoms with Gasteiger partial charge in [0.15, 0.2) is 10.9 Å². The molecule has 0 saturated heterocycles. The fraction of sp³-hybridized carbons (Fsp3) is 0.250. The number of aryl methyl sites for hydroxylation is 1. The number of amides is 2. The van der Waals surface area contributed by atoms with Crippen LogP contribution >= 0.6 is 11.8 Å². The van der Waals surface area contributed by atoms with E-state index in [2.05, 4.69) is 15.5 Å². The van der Waals surface area contributed by atoms with Crippen LogP contribution in [0.25, 0.3) is 0 Å². The molecule has 2 amide bonds. The molecule has 0 unspecified atom stereocenters. The van der Waals surface area contributed by atoms with Crippen LogP contribution in [0.5, 0.6) is 0 Å². The number of benzene rings is 1. The molecule has 0 fully saturated rings. The molecular formula is C20H21N5O4S. The van der Waals surface area contributed by atoms with Crippen LogP contribution in [0.4, 0.5) is 5.69 Å². The topological polar surface area (TPSA) is 133 Å². The average Bonchev–Trinajstić information content (AvgIpc) is 3.35. The second-order valence-corrected chi connectivity index (χ2v) is 7.44. The smallest absolute Gasteiger partial charge is 0.221 e. The average molecular weight is 427 g/mol. The van der Waals surface area contributed by atoms with Gasteiger partial charge in [-0.15, -0.1) is 10.2 Å². The number of anilines is 1. The minimum Gasteiger partial charge on any atom is -0.467 e. The van der Waals surface area contributed by atoms with E-state index < -0.39 is 5.91 Å². The number of aromatic nitrogens is 3. The molecule has 2 aromatic heterocycles. The van der Waals surface area contributed by atoms with Crippen molar-refractivity contribution in [2.75, 3.05) is 11.1 Å². The summed E-state index contributed by atoms with van der Waals surface area (Å²) in [5.74, 6) is 0.783. The lowest BCUT2D eigenvalue weighted by Gasteiger charge is -2.08. The lowest BCUT2D eigenvalue weighted by atomic mass is 10.1. The molecule has 0 aliphatic rings. The van der Waals surface area contributed by atoms with Crippen LogP contribution in [0.1, 0.15) is 35.3 Å². The van der Waals surface area contributed by atoms with Crippen LogP contribution in [0.2, 0.25) is 0 Å². The highest BCUT2D eigenvalue weighted by Crippen LogP contribution is 2.21. The zero-order valence-electron chi connectivity index (χ0n) is 16.3. The Hall–Kier alpha value is -3.40. The molecular weight excluding hydrogens is 406 g/mol. The zero-order chi connectivity index (χ0) is 21.5. The summed E-state index contributed by atoms with van der Waals surface area (Å²) in [6.07, 6.45) is 2.08. The van der Waals surface area contributed by atoms with Gasteiger partial charge in [-0.05, 0) is 36.4 Å². The number of ketones is 1. The van der Waals surface area contributed by atoms with Crippen LogP contribution in [-0.4, -0.2) is 38.1 Å². The monoisotopic (exact) mass is 427 g/mol. The summed E-state index contributed by atoms with van der Waals surface area (Å²) in [5, 5.41) is 11.5. The van der Waals surface area contributed by atoms with Crippen molar-refractivity contribution in [3.8, 4) is 0 Å². The Balaban J connectivity index is 1.69. The summed E-state index contributed by atoms with van der Waals surface area (Å²) in [5.41, 5.74) is 6.40. The molecule has 3 aromatic rings. The summed E-state index contributed by atoms with van der Waals surface area (Å²) in [4.78, 5) is 34.8. The highest BCUT2D eigenvalue weighted by molar-refractivity contribution is 7.99. The normalized spacial score (nSPS) is 10.7. The molecule has 30 heavy (non-hydrogen) atoms. The quantitative estimate of drug-likeness (QED) is 0.374. The summed E-state index contributed by atoms with van der Waals surface area (Å²) in [7, 11) is 0. The molecule has 2 heterocycles. The summed E-state index contributed by atoms with van der Waals surface area (Å²) < 4.78 is 7.22. The van der Waals surface area contributed by atoms with Crippen LogP contribution in [0.15, 0.2) is 52.2 Å². The van der Waals surface area contributed by atoms with Crippen LogP contribution in [-0.2, 0) is 22.6 Å². The maximum atomic E-state index is 12.6. The van der Waals surface area contributed by atoms with E-state index >= 15 is 0 Å². The molecule has 156 valence electrons. The molecule has 0 bridgehead atoms. The Morgan fingerprint density at radius 3 is 2.57 bits per heavy atom. The highest BCUT2D eigenvalue weighted by atomic mass is 32.2. The lowest BCUT2D eigenvalue weighted by Crippen LogP contribution is -2.14. The van der Waals surface area contributed by atoms with E-state index in [1.807, 2.05) is 10.6 Å². The second kappa shape index (κ2) is 9.88. The highest BCUT2D eigenvalue weighted by Gasteiger charge is 2.17. The van der Waals surface area contributed by atoms with Gasteiger partial charge in [-0.3, -0.25) is 19.0 Å². The van der Waals surface area contributed by atoms with Crippen molar-refractivity contribution in [2.24, 2.45) is 5.73 Å². The van der Waals surface area contributed by atoms with E-state index in [1.54, 1.807) is 36.6 Å². The maximum Gasteiger partial charge on any atom is 0.221 e. The van der Waals surface area contributed by atoms with Gasteiger partial charge in [0.1, 0.15) is 11.6 Å². The number of nitrogens with zero attached hydrogens (tertiary/aromatic N) is 3. The standard InChI is InChI=1S/C20H21N5O4S/c1-13(26)22-15-6-4-14(5-7-15)17(27)12-30-20-24-23-19(9-8-18(21)28)25(20)11-16-3-2-10-29-16/h2-7,10H,8-9,11-12H2,1H3,(H2,21,28)(H,22,26). The molecule has 0 aliphatic heterocycles. The van der Waals surface area contributed by atoms with E-state index in [9.17, 15) is 14.4 Å². The van der Waals surface area contributed by atoms with E-state index in [0.717, 1.165) is 0 Å². The van der Waals surface area contributed by atoms with Gasteiger partial charge < -0.3 is 15.5 Å². The predicted molar refractivity (Wildman–Crippen MR) is 111 cm³/mol. The number of nitrogens with one attached hydrogen (secondary N) is 1. The fourth-order valence-corrected chi connectivity index (χ4v) is 3.57. The Bertz CT molecular complexity index is 1030. The predicted octanol–water partition coefficient (Wildman–Crippen LogP) is 2.27. The van der Waals surface area contributed by atoms with Gasteiger partial charge >= 0.3 is 0 Å². The number of thioether (sulfide) groups is 1. The third-order valence-electron chi connectivity index (χ3n) is 4.14. The molecule has 10 heteroatoms. The van der Waals surface area contributed by atoms with Crippen molar-refractivity contribution < 1.29 is 18.8 Å². The first-order chi connectivity index (χ1) is 14.4. The third-order valence-corrected chi connectivity index (χ3v) is 5.11. The van der Waals surface area contributed by atoms with E-state index in [1.165, 1.54) is 18.7 Å². The summed E-state index contributed by atoms with van der Waals surface area (Å²) in [6, 6.07) is 10.3. The number of hydrogen-bond donors (Lipinski definition) is 2. The molecule has 3 N–H and O–H groups in total. The lowest BCUT2D eigenvalue weighted by molar-refractivity contribution is -0.118. The number of rotatable bonds is 10. The van der Waals surface area contributed by atoms with Crippen molar-refractivity contribution in [3.63, 3.8) is 0 Å². The third kappa shape index (κ3) is 5.80. The van der Waals surface area contributed by atoms with Gasteiger partial charge in [0.25, 0.3) is 0 Å². The van der Waals surface area contributed by atoms with Gasteiger partial charge in [0.2, 0.25) is 11.8 Å². The molecule has 0 spiro atoms. The van der Waals surface area contributed by atoms with Gasteiger partial charge in [0, 0.05) is 31.0 Å². The van der Waals surface area contributed by atoms with E-state index in [4.69, 9.17) is 10.2 Å². The second-order valence-electron chi connectivity index (χ2n) is 6.50. The number of carbonyl (C=O) groups excluding carboxylic acids is 3. The van der Waals surface area contributed by atoms with Crippen LogP contribution < -0.4 is 11.1 Å². The minimum atomic E-state index is -0.422. The van der Waals surface area contributed by atoms with Gasteiger partial charge in [0.05, 0.1) is 18.6 Å². The van der Waals surface area contributed by atoms with Gasteiger partial charge in [-0.25, -0.2) is 0 Å². The summed E-state index contributed by atoms with van der Waals surface area (Å²) >= 11 is 1.25. The number of primary amides is 1. The summed E-state index contributed by atoms with van der Waals surface area (Å²) in [6.45, 7) is 1.81. The number of hydrogen-bond acceptors (Lipinski definition) is 7. The first kappa shape index (κ1) is 21.3. The Morgan fingerprint density at radius 2 is 1.93 bits per heavy atom. The van der Waals surface area contributed by atoms with Crippen molar-refractivity contribution in [1.29, 1.82) is 0 Å². The van der Waals surface area contributed by atoms with Crippen LogP contribution in [0, 0.1) is 0 Å². The molecule has 0 saturated carbocycles. The number of furan rings is 1.